The Kier molecular flexibility index (Phi) is 7.20. The maximum atomic E-state index is 12.2. The van der Waals surface area contributed by atoms with Crippen molar-refractivity contribution in [3.05, 3.63) is 95.1 Å². The highest BCUT2D eigenvalue weighted by molar-refractivity contribution is 6.11. The van der Waals surface area contributed by atoms with Gasteiger partial charge in [0.1, 0.15) is 0 Å². The van der Waals surface area contributed by atoms with E-state index in [0.29, 0.717) is 67.8 Å². The van der Waals surface area contributed by atoms with Crippen molar-refractivity contribution in [3.8, 4) is 0 Å². The second-order valence-electron chi connectivity index (χ2n) is 8.03. The van der Waals surface area contributed by atoms with Crippen LogP contribution in [0.3, 0.4) is 0 Å². The molecule has 0 aliphatic carbocycles. The highest BCUT2D eigenvalue weighted by Gasteiger charge is 2.12. The van der Waals surface area contributed by atoms with Gasteiger partial charge in [-0.15, -0.1) is 0 Å². The lowest BCUT2D eigenvalue weighted by Gasteiger charge is -2.06. The number of carbonyl (C=O) groups is 2. The number of ketones is 2. The number of nitrogen functional groups attached to an aromatic ring is 8. The van der Waals surface area contributed by atoms with Gasteiger partial charge < -0.3 is 45.9 Å². The largest absolute Gasteiger partial charge is 0.397 e. The van der Waals surface area contributed by atoms with Crippen molar-refractivity contribution >= 4 is 57.1 Å². The number of benzene rings is 4. The Bertz CT molecular complexity index is 1250. The molecule has 0 saturated carbocycles. The molecule has 0 aliphatic rings. The number of hydrogen-bond donors (Lipinski definition) is 8. The van der Waals surface area contributed by atoms with E-state index in [-0.39, 0.29) is 11.6 Å². The van der Waals surface area contributed by atoms with Crippen LogP contribution in [0.15, 0.2) is 72.8 Å². The van der Waals surface area contributed by atoms with E-state index in [0.717, 1.165) is 0 Å². The molecule has 184 valence electrons. The van der Waals surface area contributed by atoms with Crippen LogP contribution in [-0.2, 0) is 0 Å². The Morgan fingerprint density at radius 3 is 0.694 bits per heavy atom. The fourth-order valence-corrected chi connectivity index (χ4v) is 3.20. The van der Waals surface area contributed by atoms with Crippen LogP contribution in [0.5, 0.6) is 0 Å². The summed E-state index contributed by atoms with van der Waals surface area (Å²) < 4.78 is 0. The molecule has 4 aromatic carbocycles. The molecule has 10 nitrogen and oxygen atoms in total. The Labute approximate surface area is 207 Å². The van der Waals surface area contributed by atoms with E-state index in [2.05, 4.69) is 0 Å². The number of hydrogen-bond acceptors (Lipinski definition) is 10. The first-order valence-corrected chi connectivity index (χ1v) is 10.7. The van der Waals surface area contributed by atoms with Crippen molar-refractivity contribution < 1.29 is 9.59 Å². The first-order chi connectivity index (χ1) is 17.0. The standard InChI is InChI=1S/2C13H14N4O/c2*14-9-3-1-7(5-11(9)16)13(18)8-2-4-10(15)12(17)6-8/h2*1-6H,14-17H2. The topological polar surface area (TPSA) is 242 Å². The number of nitrogens with two attached hydrogens (primary N) is 8. The van der Waals surface area contributed by atoms with Gasteiger partial charge in [0, 0.05) is 22.3 Å². The molecule has 0 bridgehead atoms. The van der Waals surface area contributed by atoms with Gasteiger partial charge in [-0.25, -0.2) is 0 Å². The minimum absolute atomic E-state index is 0.173. The monoisotopic (exact) mass is 484 g/mol. The van der Waals surface area contributed by atoms with Gasteiger partial charge in [-0.05, 0) is 72.8 Å². The van der Waals surface area contributed by atoms with E-state index in [9.17, 15) is 9.59 Å². The van der Waals surface area contributed by atoms with Crippen LogP contribution in [0.1, 0.15) is 31.8 Å². The van der Waals surface area contributed by atoms with Crippen LogP contribution in [-0.4, -0.2) is 11.6 Å². The molecule has 10 heteroatoms. The second kappa shape index (κ2) is 10.3. The van der Waals surface area contributed by atoms with Crippen LogP contribution in [0, 0.1) is 0 Å². The molecule has 4 rings (SSSR count). The lowest BCUT2D eigenvalue weighted by Crippen LogP contribution is -2.05. The summed E-state index contributed by atoms with van der Waals surface area (Å²) in [6.45, 7) is 0. The molecule has 0 aromatic heterocycles. The average Bonchev–Trinajstić information content (AvgIpc) is 2.85. The van der Waals surface area contributed by atoms with Crippen LogP contribution in [0.2, 0.25) is 0 Å². The molecular weight excluding hydrogens is 456 g/mol. The third kappa shape index (κ3) is 5.57. The maximum Gasteiger partial charge on any atom is 0.193 e. The second-order valence-corrected chi connectivity index (χ2v) is 8.03. The van der Waals surface area contributed by atoms with E-state index in [1.807, 2.05) is 0 Å². The minimum atomic E-state index is -0.173. The average molecular weight is 485 g/mol. The first kappa shape index (κ1) is 25.2. The molecule has 0 unspecified atom stereocenters. The van der Waals surface area contributed by atoms with Gasteiger partial charge in [-0.1, -0.05) is 0 Å². The fraction of sp³-hybridized carbons (Fsp3) is 0. The van der Waals surface area contributed by atoms with Crippen LogP contribution >= 0.6 is 0 Å². The number of rotatable bonds is 4. The summed E-state index contributed by atoms with van der Waals surface area (Å²) >= 11 is 0. The Balaban J connectivity index is 0.000000201. The molecule has 4 aromatic rings. The summed E-state index contributed by atoms with van der Waals surface area (Å²) in [5.41, 5.74) is 50.2. The molecule has 0 saturated heterocycles. The van der Waals surface area contributed by atoms with Gasteiger partial charge in [0.25, 0.3) is 0 Å². The zero-order valence-corrected chi connectivity index (χ0v) is 19.4. The van der Waals surface area contributed by atoms with E-state index in [4.69, 9.17) is 45.9 Å². The molecule has 0 aliphatic heterocycles. The van der Waals surface area contributed by atoms with Crippen molar-refractivity contribution in [1.29, 1.82) is 0 Å². The minimum Gasteiger partial charge on any atom is -0.397 e. The smallest absolute Gasteiger partial charge is 0.193 e. The van der Waals surface area contributed by atoms with Crippen LogP contribution < -0.4 is 45.9 Å². The van der Waals surface area contributed by atoms with E-state index >= 15 is 0 Å². The summed E-state index contributed by atoms with van der Waals surface area (Å²) in [6, 6.07) is 19.1. The van der Waals surface area contributed by atoms with Crippen molar-refractivity contribution in [1.82, 2.24) is 0 Å². The third-order valence-corrected chi connectivity index (χ3v) is 5.40. The van der Waals surface area contributed by atoms with Gasteiger partial charge in [0.15, 0.2) is 11.6 Å². The molecule has 0 atom stereocenters. The highest BCUT2D eigenvalue weighted by Crippen LogP contribution is 2.23. The maximum absolute atomic E-state index is 12.2. The van der Waals surface area contributed by atoms with Gasteiger partial charge in [-0.3, -0.25) is 9.59 Å². The molecule has 0 amide bonds. The number of carbonyl (C=O) groups excluding carboxylic acids is 2. The summed E-state index contributed by atoms with van der Waals surface area (Å²) in [4.78, 5) is 24.4. The van der Waals surface area contributed by atoms with Crippen LogP contribution in [0.25, 0.3) is 0 Å². The molecule has 0 spiro atoms. The van der Waals surface area contributed by atoms with E-state index < -0.39 is 0 Å². The normalized spacial score (nSPS) is 10.2. The Morgan fingerprint density at radius 1 is 0.333 bits per heavy atom. The molecule has 16 N–H and O–H groups in total. The quantitative estimate of drug-likeness (QED) is 0.155. The summed E-state index contributed by atoms with van der Waals surface area (Å²) in [6.07, 6.45) is 0. The third-order valence-electron chi connectivity index (χ3n) is 5.40. The molecule has 0 heterocycles. The fourth-order valence-electron chi connectivity index (χ4n) is 3.20. The highest BCUT2D eigenvalue weighted by atomic mass is 16.1. The van der Waals surface area contributed by atoms with E-state index in [1.54, 1.807) is 72.8 Å². The molecule has 0 fully saturated rings. The molecule has 0 radical (unpaired) electrons. The summed E-state index contributed by atoms with van der Waals surface area (Å²) in [7, 11) is 0. The zero-order valence-electron chi connectivity index (χ0n) is 19.4. The van der Waals surface area contributed by atoms with Gasteiger partial charge in [0.05, 0.1) is 45.5 Å². The molecular formula is C26H28N8O2. The summed E-state index contributed by atoms with van der Waals surface area (Å²) in [5, 5.41) is 0. The van der Waals surface area contributed by atoms with Crippen molar-refractivity contribution in [3.63, 3.8) is 0 Å². The predicted octanol–water partition coefficient (Wildman–Crippen LogP) is 2.49. The van der Waals surface area contributed by atoms with E-state index in [1.165, 1.54) is 0 Å². The predicted molar refractivity (Wildman–Crippen MR) is 148 cm³/mol. The van der Waals surface area contributed by atoms with Crippen molar-refractivity contribution in [2.45, 2.75) is 0 Å². The Morgan fingerprint density at radius 2 is 0.528 bits per heavy atom. The van der Waals surface area contributed by atoms with Gasteiger partial charge in [-0.2, -0.15) is 0 Å². The summed E-state index contributed by atoms with van der Waals surface area (Å²) in [5.74, 6) is -0.346. The SMILES string of the molecule is Nc1ccc(C(=O)c2ccc(N)c(N)c2)cc1N.Nc1ccc(C(=O)c2ccc(N)c(N)c2)cc1N. The van der Waals surface area contributed by atoms with Crippen molar-refractivity contribution in [2.75, 3.05) is 45.9 Å². The Hall–Kier alpha value is -5.38. The van der Waals surface area contributed by atoms with Gasteiger partial charge in [0.2, 0.25) is 0 Å². The van der Waals surface area contributed by atoms with Gasteiger partial charge >= 0.3 is 0 Å². The zero-order chi connectivity index (χ0) is 26.6. The van der Waals surface area contributed by atoms with Crippen molar-refractivity contribution in [2.24, 2.45) is 0 Å². The lowest BCUT2D eigenvalue weighted by atomic mass is 10.0. The van der Waals surface area contributed by atoms with Crippen LogP contribution in [0.4, 0.5) is 45.5 Å². The lowest BCUT2D eigenvalue weighted by molar-refractivity contribution is 0.103. The molecule has 36 heavy (non-hydrogen) atoms. The number of anilines is 8. The first-order valence-electron chi connectivity index (χ1n) is 10.7.